The van der Waals surface area contributed by atoms with Crippen LogP contribution in [0.3, 0.4) is 0 Å². The SMILES string of the molecule is O=S1(=O)CCN(c2ccc(N3CNC3)cc2)CC1. The van der Waals surface area contributed by atoms with Crippen LogP contribution in [0.4, 0.5) is 11.4 Å². The van der Waals surface area contributed by atoms with Crippen molar-refractivity contribution in [2.75, 3.05) is 47.7 Å². The molecule has 0 radical (unpaired) electrons. The quantitative estimate of drug-likeness (QED) is 0.832. The minimum absolute atomic E-state index is 0.269. The molecule has 5 nitrogen and oxygen atoms in total. The summed E-state index contributed by atoms with van der Waals surface area (Å²) in [6.07, 6.45) is 0. The number of nitrogens with zero attached hydrogens (tertiary/aromatic N) is 2. The summed E-state index contributed by atoms with van der Waals surface area (Å²) in [7, 11) is -2.80. The van der Waals surface area contributed by atoms with Crippen molar-refractivity contribution in [3.63, 3.8) is 0 Å². The zero-order valence-electron chi connectivity index (χ0n) is 10.2. The van der Waals surface area contributed by atoms with E-state index >= 15 is 0 Å². The van der Waals surface area contributed by atoms with E-state index in [0.29, 0.717) is 13.1 Å². The van der Waals surface area contributed by atoms with Gasteiger partial charge in [-0.15, -0.1) is 0 Å². The van der Waals surface area contributed by atoms with Crippen LogP contribution in [-0.2, 0) is 9.84 Å². The van der Waals surface area contributed by atoms with Gasteiger partial charge in [0.05, 0.1) is 24.8 Å². The van der Waals surface area contributed by atoms with E-state index in [1.165, 1.54) is 5.69 Å². The van der Waals surface area contributed by atoms with E-state index in [-0.39, 0.29) is 11.5 Å². The molecule has 0 atom stereocenters. The summed E-state index contributed by atoms with van der Waals surface area (Å²) < 4.78 is 22.8. The summed E-state index contributed by atoms with van der Waals surface area (Å²) in [6, 6.07) is 8.34. The molecule has 0 bridgehead atoms. The number of nitrogens with one attached hydrogen (secondary N) is 1. The van der Waals surface area contributed by atoms with Crippen molar-refractivity contribution in [2.45, 2.75) is 0 Å². The molecular formula is C12H17N3O2S. The number of rotatable bonds is 2. The van der Waals surface area contributed by atoms with Crippen LogP contribution in [0.25, 0.3) is 0 Å². The van der Waals surface area contributed by atoms with Crippen LogP contribution in [0.1, 0.15) is 0 Å². The third-order valence-electron chi connectivity index (χ3n) is 3.53. The Hall–Kier alpha value is -1.27. The average molecular weight is 267 g/mol. The maximum atomic E-state index is 11.4. The molecule has 18 heavy (non-hydrogen) atoms. The van der Waals surface area contributed by atoms with Crippen molar-refractivity contribution in [3.05, 3.63) is 24.3 Å². The monoisotopic (exact) mass is 267 g/mol. The third kappa shape index (κ3) is 2.30. The average Bonchev–Trinajstić information content (AvgIpc) is 2.28. The molecule has 0 aromatic heterocycles. The van der Waals surface area contributed by atoms with Crippen molar-refractivity contribution in [1.29, 1.82) is 0 Å². The van der Waals surface area contributed by atoms with E-state index in [2.05, 4.69) is 39.4 Å². The second-order valence-electron chi connectivity index (χ2n) is 4.76. The van der Waals surface area contributed by atoms with Gasteiger partial charge in [0.25, 0.3) is 0 Å². The van der Waals surface area contributed by atoms with E-state index in [1.807, 2.05) is 0 Å². The van der Waals surface area contributed by atoms with E-state index in [9.17, 15) is 8.42 Å². The van der Waals surface area contributed by atoms with Crippen LogP contribution in [-0.4, -0.2) is 46.4 Å². The highest BCUT2D eigenvalue weighted by molar-refractivity contribution is 7.91. The van der Waals surface area contributed by atoms with Gasteiger partial charge in [0.15, 0.2) is 9.84 Å². The maximum absolute atomic E-state index is 11.4. The molecule has 0 saturated carbocycles. The number of hydrogen-bond donors (Lipinski definition) is 1. The fraction of sp³-hybridized carbons (Fsp3) is 0.500. The molecule has 2 aliphatic rings. The van der Waals surface area contributed by atoms with Gasteiger partial charge >= 0.3 is 0 Å². The second kappa shape index (κ2) is 4.44. The van der Waals surface area contributed by atoms with Gasteiger partial charge in [0.1, 0.15) is 0 Å². The highest BCUT2D eigenvalue weighted by Gasteiger charge is 2.22. The minimum atomic E-state index is -2.80. The lowest BCUT2D eigenvalue weighted by Gasteiger charge is -2.35. The molecule has 2 aliphatic heterocycles. The summed E-state index contributed by atoms with van der Waals surface area (Å²) >= 11 is 0. The fourth-order valence-electron chi connectivity index (χ4n) is 2.25. The predicted molar refractivity (Wildman–Crippen MR) is 72.7 cm³/mol. The largest absolute Gasteiger partial charge is 0.369 e. The lowest BCUT2D eigenvalue weighted by atomic mass is 10.2. The first-order valence-electron chi connectivity index (χ1n) is 6.15. The number of sulfone groups is 1. The summed E-state index contributed by atoms with van der Waals surface area (Å²) in [6.45, 7) is 3.02. The first kappa shape index (κ1) is 11.8. The first-order valence-corrected chi connectivity index (χ1v) is 7.97. The fourth-order valence-corrected chi connectivity index (χ4v) is 3.45. The first-order chi connectivity index (χ1) is 8.64. The number of benzene rings is 1. The van der Waals surface area contributed by atoms with Crippen LogP contribution in [0, 0.1) is 0 Å². The molecule has 1 N–H and O–H groups in total. The second-order valence-corrected chi connectivity index (χ2v) is 7.06. The summed E-state index contributed by atoms with van der Waals surface area (Å²) in [5, 5.41) is 3.20. The molecular weight excluding hydrogens is 250 g/mol. The Bertz CT molecular complexity index is 509. The normalized spacial score (nSPS) is 22.7. The van der Waals surface area contributed by atoms with E-state index in [4.69, 9.17) is 0 Å². The smallest absolute Gasteiger partial charge is 0.153 e. The Morgan fingerprint density at radius 2 is 1.39 bits per heavy atom. The van der Waals surface area contributed by atoms with Crippen LogP contribution in [0.15, 0.2) is 24.3 Å². The van der Waals surface area contributed by atoms with Crippen molar-refractivity contribution >= 4 is 21.2 Å². The third-order valence-corrected chi connectivity index (χ3v) is 5.14. The molecule has 2 fully saturated rings. The van der Waals surface area contributed by atoms with Crippen LogP contribution in [0.5, 0.6) is 0 Å². The van der Waals surface area contributed by atoms with E-state index < -0.39 is 9.84 Å². The molecule has 2 heterocycles. The van der Waals surface area contributed by atoms with Crippen molar-refractivity contribution in [1.82, 2.24) is 5.32 Å². The molecule has 2 saturated heterocycles. The highest BCUT2D eigenvalue weighted by Crippen LogP contribution is 2.22. The van der Waals surface area contributed by atoms with E-state index in [1.54, 1.807) is 0 Å². The molecule has 1 aromatic rings. The van der Waals surface area contributed by atoms with Gasteiger partial charge in [-0.3, -0.25) is 5.32 Å². The maximum Gasteiger partial charge on any atom is 0.153 e. The Labute approximate surface area is 107 Å². The van der Waals surface area contributed by atoms with Gasteiger partial charge < -0.3 is 9.80 Å². The molecule has 0 unspecified atom stereocenters. The molecule has 0 amide bonds. The topological polar surface area (TPSA) is 52.7 Å². The minimum Gasteiger partial charge on any atom is -0.369 e. The van der Waals surface area contributed by atoms with E-state index in [0.717, 1.165) is 19.0 Å². The van der Waals surface area contributed by atoms with Crippen molar-refractivity contribution < 1.29 is 8.42 Å². The Kier molecular flexibility index (Phi) is 2.91. The van der Waals surface area contributed by atoms with Crippen molar-refractivity contribution in [2.24, 2.45) is 0 Å². The van der Waals surface area contributed by atoms with Crippen LogP contribution < -0.4 is 15.1 Å². The molecule has 0 aliphatic carbocycles. The molecule has 0 spiro atoms. The van der Waals surface area contributed by atoms with Crippen LogP contribution in [0.2, 0.25) is 0 Å². The molecule has 1 aromatic carbocycles. The zero-order chi connectivity index (χ0) is 12.6. The molecule has 6 heteroatoms. The van der Waals surface area contributed by atoms with Gasteiger partial charge in [-0.25, -0.2) is 8.42 Å². The summed E-state index contributed by atoms with van der Waals surface area (Å²) in [5.41, 5.74) is 2.32. The number of anilines is 2. The molecule has 98 valence electrons. The lowest BCUT2D eigenvalue weighted by Crippen LogP contribution is -2.52. The van der Waals surface area contributed by atoms with Crippen LogP contribution >= 0.6 is 0 Å². The van der Waals surface area contributed by atoms with Crippen molar-refractivity contribution in [3.8, 4) is 0 Å². The Balaban J connectivity index is 1.69. The zero-order valence-corrected chi connectivity index (χ0v) is 11.0. The van der Waals surface area contributed by atoms with Gasteiger partial charge in [0, 0.05) is 24.5 Å². The Morgan fingerprint density at radius 3 is 1.83 bits per heavy atom. The number of hydrogen-bond acceptors (Lipinski definition) is 5. The van der Waals surface area contributed by atoms with Gasteiger partial charge in [-0.05, 0) is 24.3 Å². The standard InChI is InChI=1S/C12H17N3O2S/c16-18(17)7-5-14(6-8-18)11-1-3-12(4-2-11)15-9-13-10-15/h1-4,13H,5-10H2. The summed E-state index contributed by atoms with van der Waals surface area (Å²) in [4.78, 5) is 4.38. The summed E-state index contributed by atoms with van der Waals surface area (Å²) in [5.74, 6) is 0.537. The van der Waals surface area contributed by atoms with Gasteiger partial charge in [-0.1, -0.05) is 0 Å². The predicted octanol–water partition coefficient (Wildman–Crippen LogP) is 0.246. The lowest BCUT2D eigenvalue weighted by molar-refractivity contribution is 0.524. The Morgan fingerprint density at radius 1 is 0.889 bits per heavy atom. The molecule has 3 rings (SSSR count). The van der Waals surface area contributed by atoms with Gasteiger partial charge in [0.2, 0.25) is 0 Å². The van der Waals surface area contributed by atoms with Gasteiger partial charge in [-0.2, -0.15) is 0 Å². The highest BCUT2D eigenvalue weighted by atomic mass is 32.2.